The molecule has 1 amide bonds. The number of hydrogen-bond acceptors (Lipinski definition) is 4. The number of piperidine rings is 1. The topological polar surface area (TPSA) is 42.0 Å². The smallest absolute Gasteiger partial charge is 0.251 e. The molecule has 5 nitrogen and oxygen atoms in total. The van der Waals surface area contributed by atoms with Crippen molar-refractivity contribution in [3.63, 3.8) is 0 Å². The molecule has 2 heterocycles. The van der Waals surface area contributed by atoms with Gasteiger partial charge in [0.2, 0.25) is 0 Å². The zero-order valence-electron chi connectivity index (χ0n) is 15.1. The van der Waals surface area contributed by atoms with E-state index in [0.717, 1.165) is 58.5 Å². The molecule has 23 heavy (non-hydrogen) atoms. The third-order valence-electron chi connectivity index (χ3n) is 5.21. The minimum Gasteiger partial charge on any atom is -0.381 e. The van der Waals surface area contributed by atoms with Crippen LogP contribution in [0.3, 0.4) is 0 Å². The maximum Gasteiger partial charge on any atom is 0.251 e. The van der Waals surface area contributed by atoms with E-state index in [0.29, 0.717) is 18.6 Å². The summed E-state index contributed by atoms with van der Waals surface area (Å²) in [5.41, 5.74) is 0. The molecule has 0 spiro atoms. The minimum absolute atomic E-state index is 0.128. The van der Waals surface area contributed by atoms with Crippen molar-refractivity contribution in [2.45, 2.75) is 58.1 Å². The van der Waals surface area contributed by atoms with E-state index in [1.54, 1.807) is 0 Å². The van der Waals surface area contributed by atoms with E-state index in [1.165, 1.54) is 6.42 Å². The first-order valence-electron chi connectivity index (χ1n) is 9.30. The normalized spacial score (nSPS) is 24.7. The van der Waals surface area contributed by atoms with Gasteiger partial charge >= 0.3 is 0 Å². The Bertz CT molecular complexity index is 350. The molecule has 0 saturated carbocycles. The number of rotatable bonds is 8. The Morgan fingerprint density at radius 1 is 1.35 bits per heavy atom. The van der Waals surface area contributed by atoms with Gasteiger partial charge in [0.25, 0.3) is 5.91 Å². The molecular formula is C18H34N2O3. The second-order valence-corrected chi connectivity index (χ2v) is 7.08. The standard InChI is InChI=1S/C18H34N2O3/c1-4-5-11-23-15(2)18(21)19(3)17-6-9-20(10-7-17)13-16-8-12-22-14-16/h15-17H,4-14H2,1-3H3/t15-,16+/m1/s1. The van der Waals surface area contributed by atoms with Crippen LogP contribution in [0.25, 0.3) is 0 Å². The number of ether oxygens (including phenoxy) is 2. The maximum absolute atomic E-state index is 12.5. The molecule has 0 aromatic carbocycles. The highest BCUT2D eigenvalue weighted by Gasteiger charge is 2.29. The van der Waals surface area contributed by atoms with Gasteiger partial charge < -0.3 is 19.3 Å². The second kappa shape index (κ2) is 9.60. The molecule has 2 aliphatic rings. The first-order chi connectivity index (χ1) is 11.1. The van der Waals surface area contributed by atoms with E-state index in [1.807, 2.05) is 18.9 Å². The van der Waals surface area contributed by atoms with E-state index < -0.39 is 0 Å². The maximum atomic E-state index is 12.5. The predicted octanol–water partition coefficient (Wildman–Crippen LogP) is 2.15. The van der Waals surface area contributed by atoms with Crippen LogP contribution in [-0.4, -0.2) is 74.4 Å². The van der Waals surface area contributed by atoms with Crippen molar-refractivity contribution in [3.8, 4) is 0 Å². The van der Waals surface area contributed by atoms with Gasteiger partial charge in [0.05, 0.1) is 6.61 Å². The van der Waals surface area contributed by atoms with Crippen molar-refractivity contribution in [1.29, 1.82) is 0 Å². The van der Waals surface area contributed by atoms with Crippen LogP contribution in [0.4, 0.5) is 0 Å². The van der Waals surface area contributed by atoms with Crippen LogP contribution in [0.5, 0.6) is 0 Å². The molecule has 0 aromatic heterocycles. The summed E-state index contributed by atoms with van der Waals surface area (Å²) in [7, 11) is 1.94. The van der Waals surface area contributed by atoms with Crippen LogP contribution >= 0.6 is 0 Å². The quantitative estimate of drug-likeness (QED) is 0.641. The lowest BCUT2D eigenvalue weighted by molar-refractivity contribution is -0.144. The molecule has 0 N–H and O–H groups in total. The van der Waals surface area contributed by atoms with Crippen molar-refractivity contribution < 1.29 is 14.3 Å². The van der Waals surface area contributed by atoms with Gasteiger partial charge in [-0.15, -0.1) is 0 Å². The second-order valence-electron chi connectivity index (χ2n) is 7.08. The molecule has 0 aromatic rings. The fourth-order valence-electron chi connectivity index (χ4n) is 3.52. The number of carbonyl (C=O) groups excluding carboxylic acids is 1. The number of hydrogen-bond donors (Lipinski definition) is 0. The van der Waals surface area contributed by atoms with Crippen molar-refractivity contribution in [2.24, 2.45) is 5.92 Å². The molecule has 0 unspecified atom stereocenters. The lowest BCUT2D eigenvalue weighted by atomic mass is 10.0. The lowest BCUT2D eigenvalue weighted by Gasteiger charge is -2.38. The molecule has 134 valence electrons. The Morgan fingerprint density at radius 2 is 2.09 bits per heavy atom. The number of likely N-dealkylation sites (N-methyl/N-ethyl adjacent to an activating group) is 1. The van der Waals surface area contributed by atoms with Crippen LogP contribution in [0, 0.1) is 5.92 Å². The number of amides is 1. The van der Waals surface area contributed by atoms with Gasteiger partial charge in [-0.05, 0) is 38.5 Å². The van der Waals surface area contributed by atoms with Crippen LogP contribution in [0.15, 0.2) is 0 Å². The molecule has 2 atom stereocenters. The van der Waals surface area contributed by atoms with E-state index >= 15 is 0 Å². The van der Waals surface area contributed by atoms with Gasteiger partial charge in [0.1, 0.15) is 6.10 Å². The van der Waals surface area contributed by atoms with Crippen LogP contribution in [-0.2, 0) is 14.3 Å². The molecule has 2 rings (SSSR count). The molecule has 2 saturated heterocycles. The zero-order chi connectivity index (χ0) is 16.7. The van der Waals surface area contributed by atoms with E-state index in [9.17, 15) is 4.79 Å². The molecule has 5 heteroatoms. The average molecular weight is 326 g/mol. The SMILES string of the molecule is CCCCO[C@H](C)C(=O)N(C)C1CCN(C[C@@H]2CCOC2)CC1. The number of likely N-dealkylation sites (tertiary alicyclic amines) is 1. The van der Waals surface area contributed by atoms with Gasteiger partial charge in [-0.1, -0.05) is 13.3 Å². The highest BCUT2D eigenvalue weighted by atomic mass is 16.5. The largest absolute Gasteiger partial charge is 0.381 e. The fraction of sp³-hybridized carbons (Fsp3) is 0.944. The van der Waals surface area contributed by atoms with Gasteiger partial charge in [-0.25, -0.2) is 0 Å². The monoisotopic (exact) mass is 326 g/mol. The summed E-state index contributed by atoms with van der Waals surface area (Å²) < 4.78 is 11.1. The summed E-state index contributed by atoms with van der Waals surface area (Å²) in [4.78, 5) is 16.9. The summed E-state index contributed by atoms with van der Waals surface area (Å²) >= 11 is 0. The highest BCUT2D eigenvalue weighted by Crippen LogP contribution is 2.20. The summed E-state index contributed by atoms with van der Waals surface area (Å²) in [6.45, 7) is 9.87. The molecular weight excluding hydrogens is 292 g/mol. The molecule has 0 aliphatic carbocycles. The number of nitrogens with zero attached hydrogens (tertiary/aromatic N) is 2. The lowest BCUT2D eigenvalue weighted by Crippen LogP contribution is -2.49. The van der Waals surface area contributed by atoms with Crippen molar-refractivity contribution in [2.75, 3.05) is 46.5 Å². The highest BCUT2D eigenvalue weighted by molar-refractivity contribution is 5.80. The van der Waals surface area contributed by atoms with Crippen molar-refractivity contribution in [3.05, 3.63) is 0 Å². The van der Waals surface area contributed by atoms with E-state index in [2.05, 4.69) is 11.8 Å². The van der Waals surface area contributed by atoms with Gasteiger partial charge in [0.15, 0.2) is 0 Å². The van der Waals surface area contributed by atoms with Crippen LogP contribution in [0.1, 0.15) is 46.0 Å². The minimum atomic E-state index is -0.319. The van der Waals surface area contributed by atoms with Gasteiger partial charge in [-0.3, -0.25) is 4.79 Å². The predicted molar refractivity (Wildman–Crippen MR) is 91.5 cm³/mol. The van der Waals surface area contributed by atoms with E-state index in [-0.39, 0.29) is 12.0 Å². The molecule has 0 bridgehead atoms. The third-order valence-corrected chi connectivity index (χ3v) is 5.21. The van der Waals surface area contributed by atoms with Crippen molar-refractivity contribution >= 4 is 5.91 Å². The Balaban J connectivity index is 1.69. The Labute approximate surface area is 141 Å². The average Bonchev–Trinajstić information content (AvgIpc) is 3.07. The van der Waals surface area contributed by atoms with E-state index in [4.69, 9.17) is 9.47 Å². The van der Waals surface area contributed by atoms with Crippen molar-refractivity contribution in [1.82, 2.24) is 9.80 Å². The number of unbranched alkanes of at least 4 members (excludes halogenated alkanes) is 1. The fourth-order valence-corrected chi connectivity index (χ4v) is 3.52. The summed E-state index contributed by atoms with van der Waals surface area (Å²) in [5.74, 6) is 0.835. The first-order valence-corrected chi connectivity index (χ1v) is 9.30. The van der Waals surface area contributed by atoms with Crippen LogP contribution < -0.4 is 0 Å². The van der Waals surface area contributed by atoms with Crippen LogP contribution in [0.2, 0.25) is 0 Å². The Kier molecular flexibility index (Phi) is 7.80. The molecule has 2 fully saturated rings. The Hall–Kier alpha value is -0.650. The molecule has 0 radical (unpaired) electrons. The summed E-state index contributed by atoms with van der Waals surface area (Å²) in [6.07, 6.45) is 5.13. The first kappa shape index (κ1) is 18.7. The van der Waals surface area contributed by atoms with Gasteiger partial charge in [0, 0.05) is 45.9 Å². The zero-order valence-corrected chi connectivity index (χ0v) is 15.1. The van der Waals surface area contributed by atoms with Gasteiger partial charge in [-0.2, -0.15) is 0 Å². The number of carbonyl (C=O) groups is 1. The molecule has 2 aliphatic heterocycles. The summed E-state index contributed by atoms with van der Waals surface area (Å²) in [5, 5.41) is 0. The Morgan fingerprint density at radius 3 is 2.70 bits per heavy atom. The summed E-state index contributed by atoms with van der Waals surface area (Å²) in [6, 6.07) is 0.357. The third kappa shape index (κ3) is 5.73.